The van der Waals surface area contributed by atoms with Crippen LogP contribution in [0, 0.1) is 0 Å². The number of benzene rings is 4. The van der Waals surface area contributed by atoms with Gasteiger partial charge in [0.2, 0.25) is 0 Å². The van der Waals surface area contributed by atoms with Crippen LogP contribution in [0.5, 0.6) is 0 Å². The number of amides is 2. The van der Waals surface area contributed by atoms with Crippen molar-refractivity contribution in [3.63, 3.8) is 0 Å². The van der Waals surface area contributed by atoms with Gasteiger partial charge in [-0.2, -0.15) is 0 Å². The standard InChI is InChI=1S/2C22H25.C2H3BN2O2.2ClH.Zr/c2*1-4-9-17-14-18-10-8-13-21(22(18)15-17)20-12-7-6-11-19(20)16(3)5-2;6-1-4-3-5-2-7;;;/h2*6-8,10-16H,4-5,9H2,1-3H3;1-2H,(H-,4,5,6,7);2*1H;/q;;;;;+1/p-1. The van der Waals surface area contributed by atoms with Crippen molar-refractivity contribution in [2.75, 3.05) is 0 Å². The second kappa shape index (κ2) is 16.9. The van der Waals surface area contributed by atoms with E-state index in [-0.39, 0.29) is 7.25 Å². The minimum atomic E-state index is -5.87. The van der Waals surface area contributed by atoms with E-state index in [1.165, 1.54) is 33.4 Å². The fourth-order valence-electron chi connectivity index (χ4n) is 9.50. The minimum absolute atomic E-state index is 0.377. The van der Waals surface area contributed by atoms with Gasteiger partial charge in [-0.3, -0.25) is 0 Å². The van der Waals surface area contributed by atoms with Crippen molar-refractivity contribution >= 4 is 46.5 Å². The molecular formula is C46H54BCl2N2O2Zr. The second-order valence-corrected chi connectivity index (χ2v) is 36.9. The maximum absolute atomic E-state index is 12.6. The van der Waals surface area contributed by atoms with Crippen molar-refractivity contribution in [3.05, 3.63) is 129 Å². The molecule has 0 aliphatic heterocycles. The van der Waals surface area contributed by atoms with Gasteiger partial charge in [-0.15, -0.1) is 0 Å². The van der Waals surface area contributed by atoms with E-state index in [9.17, 15) is 9.59 Å². The quantitative estimate of drug-likeness (QED) is 0.0822. The summed E-state index contributed by atoms with van der Waals surface area (Å²) >= 11 is -5.87. The van der Waals surface area contributed by atoms with E-state index < -0.39 is 20.7 Å². The Labute approximate surface area is 331 Å². The number of rotatable bonds is 17. The average Bonchev–Trinajstić information content (AvgIpc) is 3.77. The normalized spacial score (nSPS) is 18.0. The molecule has 8 heteroatoms. The number of hydrogen-bond donors (Lipinski definition) is 2. The molecule has 4 unspecified atom stereocenters. The molecule has 0 saturated carbocycles. The number of hydrogen-bond acceptors (Lipinski definition) is 2. The van der Waals surface area contributed by atoms with E-state index in [0.717, 1.165) is 71.9 Å². The molecule has 2 aliphatic rings. The van der Waals surface area contributed by atoms with Gasteiger partial charge < -0.3 is 0 Å². The van der Waals surface area contributed by atoms with Crippen LogP contribution in [0.3, 0.4) is 0 Å². The molecule has 0 spiro atoms. The topological polar surface area (TPSA) is 58.2 Å². The van der Waals surface area contributed by atoms with Crippen molar-refractivity contribution in [3.8, 4) is 22.3 Å². The van der Waals surface area contributed by atoms with Crippen molar-refractivity contribution < 1.29 is 25.8 Å². The molecule has 2 aliphatic carbocycles. The van der Waals surface area contributed by atoms with Gasteiger partial charge in [0.1, 0.15) is 0 Å². The fraction of sp³-hybridized carbons (Fsp3) is 0.348. The number of nitrogens with one attached hydrogen (secondary N) is 2. The van der Waals surface area contributed by atoms with Crippen LogP contribution in [0.4, 0.5) is 0 Å². The Morgan fingerprint density at radius 2 is 1.00 bits per heavy atom. The van der Waals surface area contributed by atoms with Crippen molar-refractivity contribution in [2.45, 2.75) is 99.2 Å². The van der Waals surface area contributed by atoms with Crippen LogP contribution >= 0.6 is 17.0 Å². The molecule has 4 atom stereocenters. The predicted octanol–water partition coefficient (Wildman–Crippen LogP) is 12.7. The monoisotopic (exact) mass is 837 g/mol. The second-order valence-electron chi connectivity index (χ2n) is 15.4. The van der Waals surface area contributed by atoms with Crippen LogP contribution in [0.25, 0.3) is 34.4 Å². The van der Waals surface area contributed by atoms with Gasteiger partial charge in [-0.05, 0) is 0 Å². The van der Waals surface area contributed by atoms with E-state index in [1.54, 1.807) is 0 Å². The molecule has 0 saturated heterocycles. The molecule has 2 N–H and O–H groups in total. The summed E-state index contributed by atoms with van der Waals surface area (Å²) in [5, 5.41) is 6.03. The van der Waals surface area contributed by atoms with Crippen molar-refractivity contribution in [2.24, 2.45) is 0 Å². The first kappa shape index (κ1) is 40.5. The molecule has 2 amide bonds. The molecule has 0 radical (unpaired) electrons. The molecule has 281 valence electrons. The zero-order valence-corrected chi connectivity index (χ0v) is 36.6. The van der Waals surface area contributed by atoms with Gasteiger partial charge >= 0.3 is 334 Å². The summed E-state index contributed by atoms with van der Waals surface area (Å²) in [6, 6.07) is 30.5. The first-order valence-corrected chi connectivity index (χ1v) is 30.5. The molecular weight excluding hydrogens is 785 g/mol. The molecule has 0 heterocycles. The third-order valence-corrected chi connectivity index (χ3v) is 32.3. The maximum atomic E-state index is 12.6. The van der Waals surface area contributed by atoms with Gasteiger partial charge in [0, 0.05) is 0 Å². The molecule has 0 bridgehead atoms. The third kappa shape index (κ3) is 6.94. The van der Waals surface area contributed by atoms with Gasteiger partial charge in [-0.25, -0.2) is 0 Å². The number of halogens is 2. The number of fused-ring (bicyclic) bond motifs is 2. The van der Waals surface area contributed by atoms with Crippen LogP contribution in [0.2, 0.25) is 0 Å². The molecule has 4 aromatic rings. The number of carbonyl (C=O) groups excluding carboxylic acids is 2. The summed E-state index contributed by atoms with van der Waals surface area (Å²) < 4.78 is -1.69. The van der Waals surface area contributed by atoms with Crippen LogP contribution in [0.1, 0.15) is 133 Å². The van der Waals surface area contributed by atoms with Crippen LogP contribution in [-0.4, -0.2) is 17.3 Å². The summed E-state index contributed by atoms with van der Waals surface area (Å²) in [7, 11) is 17.4. The van der Waals surface area contributed by atoms with Gasteiger partial charge in [0.25, 0.3) is 0 Å². The Balaban J connectivity index is 1.67. The summed E-state index contributed by atoms with van der Waals surface area (Å²) in [6.45, 7) is 13.4. The summed E-state index contributed by atoms with van der Waals surface area (Å²) in [6.07, 6.45) is 11.4. The van der Waals surface area contributed by atoms with E-state index in [4.69, 9.17) is 17.0 Å². The molecule has 4 nitrogen and oxygen atoms in total. The Morgan fingerprint density at radius 1 is 0.611 bits per heavy atom. The Hall–Kier alpha value is -3.17. The van der Waals surface area contributed by atoms with Crippen molar-refractivity contribution in [1.29, 1.82) is 0 Å². The molecule has 0 fully saturated rings. The SMILES string of the molecule is CCCC1=Cc2c(-c3ccccc3C(C)CC)cccc2[CH]1[Zr]([Cl])([Cl])([B](NC=O)NC=O)[CH]1C(CCC)=Cc2c(-c3ccccc3C(C)CC)cccc21. The van der Waals surface area contributed by atoms with Gasteiger partial charge in [0.15, 0.2) is 0 Å². The Kier molecular flexibility index (Phi) is 12.7. The summed E-state index contributed by atoms with van der Waals surface area (Å²) in [5.74, 6) is 0.765. The van der Waals surface area contributed by atoms with Gasteiger partial charge in [-0.1, -0.05) is 0 Å². The van der Waals surface area contributed by atoms with Crippen LogP contribution < -0.4 is 10.5 Å². The van der Waals surface area contributed by atoms with E-state index in [2.05, 4.69) is 149 Å². The first-order chi connectivity index (χ1) is 26.1. The Morgan fingerprint density at radius 3 is 1.37 bits per heavy atom. The van der Waals surface area contributed by atoms with Crippen molar-refractivity contribution in [1.82, 2.24) is 10.5 Å². The number of carbonyl (C=O) groups is 2. The van der Waals surface area contributed by atoms with E-state index in [1.807, 2.05) is 0 Å². The number of allylic oxidation sites excluding steroid dienone is 2. The van der Waals surface area contributed by atoms with E-state index in [0.29, 0.717) is 24.7 Å². The summed E-state index contributed by atoms with van der Waals surface area (Å²) in [4.78, 5) is 25.1. The van der Waals surface area contributed by atoms with E-state index >= 15 is 0 Å². The molecule has 0 aromatic heterocycles. The zero-order valence-electron chi connectivity index (χ0n) is 32.6. The molecule has 4 aromatic carbocycles. The Bertz CT molecular complexity index is 1950. The predicted molar refractivity (Wildman–Crippen MR) is 228 cm³/mol. The molecule has 6 rings (SSSR count). The van der Waals surface area contributed by atoms with Crippen LogP contribution in [-0.2, 0) is 25.8 Å². The van der Waals surface area contributed by atoms with Gasteiger partial charge in [0.05, 0.1) is 0 Å². The third-order valence-electron chi connectivity index (χ3n) is 12.3. The fourth-order valence-corrected chi connectivity index (χ4v) is 30.2. The first-order valence-electron chi connectivity index (χ1n) is 19.9. The zero-order chi connectivity index (χ0) is 38.6. The molecule has 54 heavy (non-hydrogen) atoms. The van der Waals surface area contributed by atoms with Crippen LogP contribution in [0.15, 0.2) is 96.1 Å². The summed E-state index contributed by atoms with van der Waals surface area (Å²) in [5.41, 5.74) is 14.2. The average molecular weight is 840 g/mol.